The molecule has 1 amide bonds. The Balaban J connectivity index is 1.17. The van der Waals surface area contributed by atoms with Crippen LogP contribution in [-0.4, -0.2) is 66.1 Å². The Kier molecular flexibility index (Phi) is 5.88. The Morgan fingerprint density at radius 1 is 1.11 bits per heavy atom. The van der Waals surface area contributed by atoms with Gasteiger partial charge in [0, 0.05) is 63.6 Å². The van der Waals surface area contributed by atoms with Crippen LogP contribution in [0, 0.1) is 17.8 Å². The Morgan fingerprint density at radius 2 is 1.78 bits per heavy atom. The summed E-state index contributed by atoms with van der Waals surface area (Å²) < 4.78 is 0. The van der Waals surface area contributed by atoms with Gasteiger partial charge in [0.2, 0.25) is 11.9 Å². The number of nitrogens with one attached hydrogen (secondary N) is 1. The van der Waals surface area contributed by atoms with Crippen molar-refractivity contribution in [1.82, 2.24) is 20.2 Å². The van der Waals surface area contributed by atoms with E-state index in [0.717, 1.165) is 58.1 Å². The van der Waals surface area contributed by atoms with Crippen LogP contribution >= 0.6 is 0 Å². The van der Waals surface area contributed by atoms with Crippen LogP contribution in [0.25, 0.3) is 0 Å². The summed E-state index contributed by atoms with van der Waals surface area (Å²) in [6, 6.07) is 2.17. The van der Waals surface area contributed by atoms with Crippen LogP contribution in [0.4, 0.5) is 5.95 Å². The van der Waals surface area contributed by atoms with Gasteiger partial charge >= 0.3 is 0 Å². The lowest BCUT2D eigenvalue weighted by atomic mass is 9.65. The van der Waals surface area contributed by atoms with E-state index in [0.29, 0.717) is 17.9 Å². The Morgan fingerprint density at radius 3 is 2.44 bits per heavy atom. The van der Waals surface area contributed by atoms with Crippen LogP contribution in [-0.2, 0) is 4.79 Å². The zero-order valence-electron chi connectivity index (χ0n) is 16.1. The van der Waals surface area contributed by atoms with Crippen LogP contribution in [0.5, 0.6) is 0 Å². The molecule has 0 radical (unpaired) electrons. The number of carbonyl (C=O) groups is 1. The second-order valence-corrected chi connectivity index (χ2v) is 8.37. The molecule has 148 valence electrons. The number of aromatic nitrogens is 2. The molecule has 1 aromatic heterocycles. The normalized spacial score (nSPS) is 31.5. The topological polar surface area (TPSA) is 87.4 Å². The lowest BCUT2D eigenvalue weighted by Crippen LogP contribution is -2.51. The van der Waals surface area contributed by atoms with Crippen molar-refractivity contribution in [3.63, 3.8) is 0 Å². The number of nitrogens with two attached hydrogens (primary N) is 1. The third-order valence-electron chi connectivity index (χ3n) is 6.72. The molecule has 7 nitrogen and oxygen atoms in total. The molecular weight excluding hydrogens is 340 g/mol. The summed E-state index contributed by atoms with van der Waals surface area (Å²) in [5.74, 6) is 2.34. The highest BCUT2D eigenvalue weighted by molar-refractivity contribution is 5.78. The fourth-order valence-electron chi connectivity index (χ4n) is 5.11. The first-order valence-electron chi connectivity index (χ1n) is 10.5. The molecule has 1 aromatic rings. The SMILES string of the molecule is NC1C2CCCC1CC(C(=O)NCCN1CCN(c3ncccn3)CC1)C2. The zero-order chi connectivity index (χ0) is 18.6. The summed E-state index contributed by atoms with van der Waals surface area (Å²) in [5.41, 5.74) is 6.35. The highest BCUT2D eigenvalue weighted by atomic mass is 16.1. The predicted octanol–water partition coefficient (Wildman–Crippen LogP) is 0.868. The number of hydrogen-bond donors (Lipinski definition) is 2. The molecule has 0 spiro atoms. The zero-order valence-corrected chi connectivity index (χ0v) is 16.1. The molecule has 7 heteroatoms. The molecule has 2 unspecified atom stereocenters. The molecule has 27 heavy (non-hydrogen) atoms. The van der Waals surface area contributed by atoms with E-state index < -0.39 is 0 Å². The van der Waals surface area contributed by atoms with Gasteiger partial charge in [0.05, 0.1) is 0 Å². The van der Waals surface area contributed by atoms with Gasteiger partial charge in [0.25, 0.3) is 0 Å². The van der Waals surface area contributed by atoms with Gasteiger partial charge in [-0.1, -0.05) is 6.42 Å². The quantitative estimate of drug-likeness (QED) is 0.797. The van der Waals surface area contributed by atoms with E-state index in [9.17, 15) is 4.79 Å². The lowest BCUT2D eigenvalue weighted by Gasteiger charge is -2.43. The Labute approximate surface area is 161 Å². The van der Waals surface area contributed by atoms with Crippen molar-refractivity contribution in [3.8, 4) is 0 Å². The second-order valence-electron chi connectivity index (χ2n) is 8.37. The molecule has 1 aliphatic heterocycles. The van der Waals surface area contributed by atoms with E-state index in [4.69, 9.17) is 5.73 Å². The van der Waals surface area contributed by atoms with Crippen LogP contribution in [0.15, 0.2) is 18.5 Å². The van der Waals surface area contributed by atoms with Crippen LogP contribution in [0.2, 0.25) is 0 Å². The van der Waals surface area contributed by atoms with Crippen LogP contribution < -0.4 is 16.0 Å². The maximum Gasteiger partial charge on any atom is 0.225 e. The highest BCUT2D eigenvalue weighted by Gasteiger charge is 2.40. The summed E-state index contributed by atoms with van der Waals surface area (Å²) >= 11 is 0. The molecular formula is C20H32N6O. The first kappa shape index (κ1) is 18.6. The van der Waals surface area contributed by atoms with Gasteiger partial charge in [-0.2, -0.15) is 0 Å². The monoisotopic (exact) mass is 372 g/mol. The molecule has 2 bridgehead atoms. The van der Waals surface area contributed by atoms with Crippen molar-refractivity contribution in [2.75, 3.05) is 44.2 Å². The number of nitrogens with zero attached hydrogens (tertiary/aromatic N) is 4. The maximum absolute atomic E-state index is 12.6. The molecule has 3 aliphatic rings. The number of piperazine rings is 1. The van der Waals surface area contributed by atoms with Crippen molar-refractivity contribution in [1.29, 1.82) is 0 Å². The summed E-state index contributed by atoms with van der Waals surface area (Å²) in [4.78, 5) is 25.9. The number of anilines is 1. The minimum Gasteiger partial charge on any atom is -0.355 e. The molecule has 2 saturated carbocycles. The van der Waals surface area contributed by atoms with E-state index in [1.54, 1.807) is 12.4 Å². The van der Waals surface area contributed by atoms with Crippen LogP contribution in [0.1, 0.15) is 32.1 Å². The first-order valence-corrected chi connectivity index (χ1v) is 10.5. The van der Waals surface area contributed by atoms with E-state index >= 15 is 0 Å². The van der Waals surface area contributed by atoms with E-state index in [1.165, 1.54) is 19.3 Å². The molecule has 2 atom stereocenters. The third-order valence-corrected chi connectivity index (χ3v) is 6.72. The van der Waals surface area contributed by atoms with Crippen molar-refractivity contribution in [2.24, 2.45) is 23.5 Å². The highest BCUT2D eigenvalue weighted by Crippen LogP contribution is 2.41. The number of fused-ring (bicyclic) bond motifs is 2. The van der Waals surface area contributed by atoms with Crippen molar-refractivity contribution in [3.05, 3.63) is 18.5 Å². The number of hydrogen-bond acceptors (Lipinski definition) is 6. The lowest BCUT2D eigenvalue weighted by molar-refractivity contribution is -0.127. The first-order chi connectivity index (χ1) is 13.2. The number of amides is 1. The predicted molar refractivity (Wildman–Crippen MR) is 105 cm³/mol. The molecule has 2 aliphatic carbocycles. The summed E-state index contributed by atoms with van der Waals surface area (Å²) in [5, 5.41) is 3.19. The Hall–Kier alpha value is -1.73. The molecule has 3 N–H and O–H groups in total. The van der Waals surface area contributed by atoms with E-state index in [-0.39, 0.29) is 11.8 Å². The number of carbonyl (C=O) groups excluding carboxylic acids is 1. The third kappa shape index (κ3) is 4.41. The minimum absolute atomic E-state index is 0.173. The molecule has 1 saturated heterocycles. The van der Waals surface area contributed by atoms with E-state index in [1.807, 2.05) is 6.07 Å². The molecule has 4 rings (SSSR count). The van der Waals surface area contributed by atoms with E-state index in [2.05, 4.69) is 25.1 Å². The summed E-state index contributed by atoms with van der Waals surface area (Å²) in [6.07, 6.45) is 9.25. The van der Waals surface area contributed by atoms with Crippen LogP contribution in [0.3, 0.4) is 0 Å². The van der Waals surface area contributed by atoms with Gasteiger partial charge in [0.1, 0.15) is 0 Å². The van der Waals surface area contributed by atoms with Crippen molar-refractivity contribution >= 4 is 11.9 Å². The van der Waals surface area contributed by atoms with Crippen molar-refractivity contribution in [2.45, 2.75) is 38.1 Å². The molecule has 2 heterocycles. The van der Waals surface area contributed by atoms with Gasteiger partial charge in [-0.15, -0.1) is 0 Å². The standard InChI is InChI=1S/C20H32N6O/c21-18-15-3-1-4-16(18)14-17(13-15)19(27)22-7-8-25-9-11-26(12-10-25)20-23-5-2-6-24-20/h2,5-6,15-18H,1,3-4,7-14,21H2,(H,22,27). The van der Waals surface area contributed by atoms with Gasteiger partial charge in [-0.25, -0.2) is 9.97 Å². The largest absolute Gasteiger partial charge is 0.355 e. The smallest absolute Gasteiger partial charge is 0.225 e. The Bertz CT molecular complexity index is 604. The maximum atomic E-state index is 12.6. The summed E-state index contributed by atoms with van der Waals surface area (Å²) in [7, 11) is 0. The van der Waals surface area contributed by atoms with Gasteiger partial charge in [-0.05, 0) is 43.6 Å². The minimum atomic E-state index is 0.173. The fourth-order valence-corrected chi connectivity index (χ4v) is 5.11. The summed E-state index contributed by atoms with van der Waals surface area (Å²) in [6.45, 7) is 5.48. The van der Waals surface area contributed by atoms with Gasteiger partial charge in [-0.3, -0.25) is 9.69 Å². The van der Waals surface area contributed by atoms with Gasteiger partial charge in [0.15, 0.2) is 0 Å². The molecule has 3 fully saturated rings. The fraction of sp³-hybridized carbons (Fsp3) is 0.750. The number of rotatable bonds is 5. The second kappa shape index (κ2) is 8.52. The van der Waals surface area contributed by atoms with Crippen molar-refractivity contribution < 1.29 is 4.79 Å². The van der Waals surface area contributed by atoms with Gasteiger partial charge < -0.3 is 16.0 Å². The average molecular weight is 373 g/mol. The average Bonchev–Trinajstić information content (AvgIpc) is 2.69. The molecule has 0 aromatic carbocycles.